The number of hydrogen-bond acceptors (Lipinski definition) is 6. The summed E-state index contributed by atoms with van der Waals surface area (Å²) in [5.41, 5.74) is 7.16. The zero-order valence-electron chi connectivity index (χ0n) is 22.6. The summed E-state index contributed by atoms with van der Waals surface area (Å²) in [6.07, 6.45) is 5.01. The fraction of sp³-hybridized carbons (Fsp3) is 0.500. The normalized spacial score (nSPS) is 21.5. The number of ether oxygens (including phenoxy) is 1. The first kappa shape index (κ1) is 25.5. The molecule has 0 bridgehead atoms. The van der Waals surface area contributed by atoms with Crippen molar-refractivity contribution in [1.29, 1.82) is 0 Å². The van der Waals surface area contributed by atoms with Crippen LogP contribution in [0.15, 0.2) is 52.0 Å². The summed E-state index contributed by atoms with van der Waals surface area (Å²) >= 11 is 0. The summed E-state index contributed by atoms with van der Waals surface area (Å²) < 4.78 is 12.4. The molecule has 0 spiro atoms. The molecule has 37 heavy (non-hydrogen) atoms. The number of piperidine rings is 1. The van der Waals surface area contributed by atoms with Gasteiger partial charge in [-0.25, -0.2) is 10.4 Å². The fourth-order valence-electron chi connectivity index (χ4n) is 6.05. The van der Waals surface area contributed by atoms with Crippen molar-refractivity contribution in [3.8, 4) is 17.2 Å². The van der Waals surface area contributed by atoms with E-state index < -0.39 is 0 Å². The maximum atomic E-state index is 11.8. The molecular formula is C30H38N4O3. The molecule has 1 atom stereocenters. The molecule has 3 aromatic rings. The molecule has 5 rings (SSSR count). The lowest BCUT2D eigenvalue weighted by Crippen LogP contribution is -2.59. The van der Waals surface area contributed by atoms with Crippen LogP contribution in [0.25, 0.3) is 22.6 Å². The van der Waals surface area contributed by atoms with Gasteiger partial charge in [-0.15, -0.1) is 0 Å². The minimum Gasteiger partial charge on any atom is -0.492 e. The third kappa shape index (κ3) is 5.28. The lowest BCUT2D eigenvalue weighted by atomic mass is 9.80. The summed E-state index contributed by atoms with van der Waals surface area (Å²) in [5.74, 6) is 1.43. The standard InChI is InChI=1S/C30H38N4O3/c1-6-20-19-26(35)32-33-27(20)21-11-12-24-25(18-21)37-28(31-24)22-9-7-10-23(17-22)36-16-15-34-29(2,3)13-8-14-30(34,4)5/h7,9-12,17-18,20H,6,8,13-16,19H2,1-5H3,(H,32,35). The molecule has 1 aromatic heterocycles. The van der Waals surface area contributed by atoms with Crippen LogP contribution in [0.2, 0.25) is 0 Å². The number of benzene rings is 2. The first-order valence-electron chi connectivity index (χ1n) is 13.4. The van der Waals surface area contributed by atoms with Gasteiger partial charge in [-0.1, -0.05) is 19.1 Å². The minimum atomic E-state index is -0.0379. The zero-order chi connectivity index (χ0) is 26.2. The number of nitrogens with one attached hydrogen (secondary N) is 1. The van der Waals surface area contributed by atoms with Crippen LogP contribution < -0.4 is 10.2 Å². The Hall–Kier alpha value is -3.19. The van der Waals surface area contributed by atoms with Crippen LogP contribution in [0.3, 0.4) is 0 Å². The van der Waals surface area contributed by atoms with E-state index >= 15 is 0 Å². The second-order valence-electron chi connectivity index (χ2n) is 11.5. The van der Waals surface area contributed by atoms with Gasteiger partial charge in [-0.2, -0.15) is 5.10 Å². The van der Waals surface area contributed by atoms with E-state index in [4.69, 9.17) is 14.1 Å². The molecule has 0 aliphatic carbocycles. The Morgan fingerprint density at radius 1 is 1.08 bits per heavy atom. The van der Waals surface area contributed by atoms with Gasteiger partial charge in [0.15, 0.2) is 5.58 Å². The minimum absolute atomic E-state index is 0.0379. The predicted octanol–water partition coefficient (Wildman–Crippen LogP) is 6.17. The SMILES string of the molecule is CCC1CC(=O)NN=C1c1ccc2nc(-c3cccc(OCCN4C(C)(C)CCCC4(C)C)c3)oc2c1. The number of carbonyl (C=O) groups excluding carboxylic acids is 1. The molecule has 1 saturated heterocycles. The maximum absolute atomic E-state index is 11.8. The molecule has 1 N–H and O–H groups in total. The highest BCUT2D eigenvalue weighted by Gasteiger charge is 2.40. The zero-order valence-corrected chi connectivity index (χ0v) is 22.6. The Bertz CT molecular complexity index is 1310. The number of amides is 1. The molecule has 1 amide bonds. The number of fused-ring (bicyclic) bond motifs is 1. The summed E-state index contributed by atoms with van der Waals surface area (Å²) in [7, 11) is 0. The van der Waals surface area contributed by atoms with Crippen LogP contribution >= 0.6 is 0 Å². The highest BCUT2D eigenvalue weighted by molar-refractivity contribution is 6.07. The van der Waals surface area contributed by atoms with Gasteiger partial charge in [-0.05, 0) is 83.7 Å². The third-order valence-corrected chi connectivity index (χ3v) is 8.00. The van der Waals surface area contributed by atoms with E-state index in [1.165, 1.54) is 19.3 Å². The molecular weight excluding hydrogens is 464 g/mol. The molecule has 0 saturated carbocycles. The van der Waals surface area contributed by atoms with Gasteiger partial charge in [0.05, 0.1) is 5.71 Å². The number of oxazole rings is 1. The molecule has 2 aromatic carbocycles. The average Bonchev–Trinajstić information content (AvgIpc) is 3.29. The molecule has 0 radical (unpaired) electrons. The number of rotatable bonds is 7. The van der Waals surface area contributed by atoms with Gasteiger partial charge in [0.25, 0.3) is 0 Å². The molecule has 196 valence electrons. The van der Waals surface area contributed by atoms with Crippen LogP contribution in [0.5, 0.6) is 5.75 Å². The largest absolute Gasteiger partial charge is 0.492 e. The van der Waals surface area contributed by atoms with E-state index in [1.54, 1.807) is 0 Å². The number of hydrazone groups is 1. The Morgan fingerprint density at radius 2 is 1.86 bits per heavy atom. The van der Waals surface area contributed by atoms with Crippen LogP contribution in [-0.2, 0) is 4.79 Å². The van der Waals surface area contributed by atoms with Crippen molar-refractivity contribution in [3.05, 3.63) is 48.0 Å². The van der Waals surface area contributed by atoms with Crippen LogP contribution in [0.1, 0.15) is 72.3 Å². The van der Waals surface area contributed by atoms with E-state index in [2.05, 4.69) is 50.0 Å². The number of aromatic nitrogens is 1. The fourth-order valence-corrected chi connectivity index (χ4v) is 6.05. The van der Waals surface area contributed by atoms with E-state index in [9.17, 15) is 4.79 Å². The quantitative estimate of drug-likeness (QED) is 0.418. The highest BCUT2D eigenvalue weighted by Crippen LogP contribution is 2.38. The van der Waals surface area contributed by atoms with Crippen molar-refractivity contribution in [1.82, 2.24) is 15.3 Å². The van der Waals surface area contributed by atoms with Gasteiger partial charge in [0.1, 0.15) is 17.9 Å². The Balaban J connectivity index is 1.31. The molecule has 2 aliphatic heterocycles. The van der Waals surface area contributed by atoms with Gasteiger partial charge >= 0.3 is 0 Å². The van der Waals surface area contributed by atoms with Crippen molar-refractivity contribution in [2.45, 2.75) is 77.8 Å². The molecule has 7 heteroatoms. The lowest BCUT2D eigenvalue weighted by Gasteiger charge is -2.53. The van der Waals surface area contributed by atoms with E-state index in [0.717, 1.165) is 41.1 Å². The summed E-state index contributed by atoms with van der Waals surface area (Å²) in [4.78, 5) is 19.1. The highest BCUT2D eigenvalue weighted by atomic mass is 16.5. The Morgan fingerprint density at radius 3 is 2.62 bits per heavy atom. The molecule has 7 nitrogen and oxygen atoms in total. The molecule has 2 aliphatic rings. The van der Waals surface area contributed by atoms with Crippen molar-refractivity contribution in [2.24, 2.45) is 11.0 Å². The number of nitrogens with zero attached hydrogens (tertiary/aromatic N) is 3. The molecule has 1 unspecified atom stereocenters. The average molecular weight is 503 g/mol. The van der Waals surface area contributed by atoms with E-state index in [-0.39, 0.29) is 22.9 Å². The van der Waals surface area contributed by atoms with Gasteiger partial charge < -0.3 is 9.15 Å². The maximum Gasteiger partial charge on any atom is 0.240 e. The topological polar surface area (TPSA) is 80.0 Å². The number of likely N-dealkylation sites (tertiary alicyclic amines) is 1. The summed E-state index contributed by atoms with van der Waals surface area (Å²) in [5, 5.41) is 4.33. The first-order valence-corrected chi connectivity index (χ1v) is 13.4. The van der Waals surface area contributed by atoms with E-state index in [0.29, 0.717) is 24.5 Å². The second kappa shape index (κ2) is 9.93. The van der Waals surface area contributed by atoms with Gasteiger partial charge in [0, 0.05) is 41.1 Å². The predicted molar refractivity (Wildman–Crippen MR) is 147 cm³/mol. The smallest absolute Gasteiger partial charge is 0.240 e. The number of hydrogen-bond donors (Lipinski definition) is 1. The first-order chi connectivity index (χ1) is 17.7. The lowest BCUT2D eigenvalue weighted by molar-refractivity contribution is -0.122. The second-order valence-corrected chi connectivity index (χ2v) is 11.5. The van der Waals surface area contributed by atoms with Crippen LogP contribution in [0, 0.1) is 5.92 Å². The van der Waals surface area contributed by atoms with Crippen LogP contribution in [0.4, 0.5) is 0 Å². The van der Waals surface area contributed by atoms with Crippen molar-refractivity contribution in [2.75, 3.05) is 13.2 Å². The monoisotopic (exact) mass is 502 g/mol. The van der Waals surface area contributed by atoms with Crippen molar-refractivity contribution < 1.29 is 13.9 Å². The van der Waals surface area contributed by atoms with Crippen molar-refractivity contribution >= 4 is 22.7 Å². The van der Waals surface area contributed by atoms with Crippen LogP contribution in [-0.4, -0.2) is 45.7 Å². The molecule has 1 fully saturated rings. The summed E-state index contributed by atoms with van der Waals surface area (Å²) in [6.45, 7) is 13.0. The van der Waals surface area contributed by atoms with Gasteiger partial charge in [0.2, 0.25) is 11.8 Å². The van der Waals surface area contributed by atoms with E-state index in [1.807, 2.05) is 42.5 Å². The third-order valence-electron chi connectivity index (χ3n) is 8.00. The number of carbonyl (C=O) groups is 1. The van der Waals surface area contributed by atoms with Crippen molar-refractivity contribution in [3.63, 3.8) is 0 Å². The summed E-state index contributed by atoms with van der Waals surface area (Å²) in [6, 6.07) is 13.9. The Labute approximate surface area is 219 Å². The Kier molecular flexibility index (Phi) is 6.84. The van der Waals surface area contributed by atoms with Gasteiger partial charge in [-0.3, -0.25) is 9.69 Å². The molecule has 3 heterocycles.